The maximum Gasteiger partial charge on any atom is 0.123 e. The Morgan fingerprint density at radius 1 is 1.14 bits per heavy atom. The van der Waals surface area contributed by atoms with Crippen LogP contribution in [0.2, 0.25) is 0 Å². The minimum atomic E-state index is -0.184. The first kappa shape index (κ1) is 14.5. The molecule has 1 aliphatic heterocycles. The molecule has 0 saturated heterocycles. The van der Waals surface area contributed by atoms with E-state index in [0.29, 0.717) is 0 Å². The Hall–Kier alpha value is -1.41. The van der Waals surface area contributed by atoms with Crippen LogP contribution in [-0.2, 0) is 6.42 Å². The molecule has 0 saturated carbocycles. The number of rotatable bonds is 2. The van der Waals surface area contributed by atoms with Crippen LogP contribution in [0.5, 0.6) is 5.75 Å². The van der Waals surface area contributed by atoms with Gasteiger partial charge in [0.2, 0.25) is 0 Å². The third kappa shape index (κ3) is 2.46. The van der Waals surface area contributed by atoms with Gasteiger partial charge in [0.25, 0.3) is 0 Å². The normalized spacial score (nSPS) is 17.4. The van der Waals surface area contributed by atoms with Gasteiger partial charge in [0.05, 0.1) is 5.38 Å². The SMILES string of the molecule is Cc1oc(C)c(C(Cl)c2ccc3c(c2)CC(C)(C)O3)c1C. The smallest absolute Gasteiger partial charge is 0.123 e. The van der Waals surface area contributed by atoms with Gasteiger partial charge in [-0.05, 0) is 57.4 Å². The zero-order valence-corrected chi connectivity index (χ0v) is 14.0. The quantitative estimate of drug-likeness (QED) is 0.707. The number of benzene rings is 1. The summed E-state index contributed by atoms with van der Waals surface area (Å²) in [6, 6.07) is 6.26. The third-order valence-corrected chi connectivity index (χ3v) is 4.72. The van der Waals surface area contributed by atoms with E-state index in [1.807, 2.05) is 19.9 Å². The second kappa shape index (κ2) is 4.81. The predicted molar refractivity (Wildman–Crippen MR) is 85.5 cm³/mol. The molecule has 3 heteroatoms. The van der Waals surface area contributed by atoms with Gasteiger partial charge in [-0.3, -0.25) is 0 Å². The maximum atomic E-state index is 6.73. The summed E-state index contributed by atoms with van der Waals surface area (Å²) in [5, 5.41) is -0.184. The highest BCUT2D eigenvalue weighted by molar-refractivity contribution is 6.22. The molecule has 0 fully saturated rings. The highest BCUT2D eigenvalue weighted by atomic mass is 35.5. The first-order valence-corrected chi connectivity index (χ1v) is 7.74. The van der Waals surface area contributed by atoms with E-state index in [1.165, 1.54) is 5.56 Å². The summed E-state index contributed by atoms with van der Waals surface area (Å²) in [6.45, 7) is 10.2. The van der Waals surface area contributed by atoms with Crippen molar-refractivity contribution < 1.29 is 9.15 Å². The molecule has 2 aromatic rings. The molecule has 0 amide bonds. The molecule has 3 rings (SSSR count). The fourth-order valence-corrected chi connectivity index (χ4v) is 3.59. The van der Waals surface area contributed by atoms with Gasteiger partial charge in [0.15, 0.2) is 0 Å². The van der Waals surface area contributed by atoms with Crippen molar-refractivity contribution in [1.29, 1.82) is 0 Å². The van der Waals surface area contributed by atoms with Gasteiger partial charge in [0.1, 0.15) is 22.9 Å². The summed E-state index contributed by atoms with van der Waals surface area (Å²) in [4.78, 5) is 0. The van der Waals surface area contributed by atoms with Gasteiger partial charge in [-0.15, -0.1) is 11.6 Å². The van der Waals surface area contributed by atoms with E-state index < -0.39 is 0 Å². The molecule has 0 radical (unpaired) electrons. The minimum Gasteiger partial charge on any atom is -0.487 e. The van der Waals surface area contributed by atoms with E-state index in [-0.39, 0.29) is 11.0 Å². The van der Waals surface area contributed by atoms with Crippen molar-refractivity contribution in [3.8, 4) is 5.75 Å². The summed E-state index contributed by atoms with van der Waals surface area (Å²) in [5.41, 5.74) is 4.44. The van der Waals surface area contributed by atoms with Crippen LogP contribution >= 0.6 is 11.6 Å². The summed E-state index contributed by atoms with van der Waals surface area (Å²) in [6.07, 6.45) is 0.919. The van der Waals surface area contributed by atoms with E-state index in [0.717, 1.165) is 40.4 Å². The first-order chi connectivity index (χ1) is 9.78. The van der Waals surface area contributed by atoms with Crippen LogP contribution < -0.4 is 4.74 Å². The molecule has 1 unspecified atom stereocenters. The summed E-state index contributed by atoms with van der Waals surface area (Å²) in [7, 11) is 0. The number of hydrogen-bond acceptors (Lipinski definition) is 2. The monoisotopic (exact) mass is 304 g/mol. The topological polar surface area (TPSA) is 22.4 Å². The Kier molecular flexibility index (Phi) is 3.32. The maximum absolute atomic E-state index is 6.73. The van der Waals surface area contributed by atoms with Crippen LogP contribution in [0.4, 0.5) is 0 Å². The second-order valence-electron chi connectivity index (χ2n) is 6.52. The van der Waals surface area contributed by atoms with Gasteiger partial charge < -0.3 is 9.15 Å². The molecule has 0 spiro atoms. The molecule has 1 aromatic carbocycles. The Bertz CT molecular complexity index is 697. The highest BCUT2D eigenvalue weighted by Crippen LogP contribution is 2.40. The highest BCUT2D eigenvalue weighted by Gasteiger charge is 2.31. The van der Waals surface area contributed by atoms with Gasteiger partial charge >= 0.3 is 0 Å². The summed E-state index contributed by atoms with van der Waals surface area (Å²) >= 11 is 6.73. The van der Waals surface area contributed by atoms with E-state index in [1.54, 1.807) is 0 Å². The fraction of sp³-hybridized carbons (Fsp3) is 0.444. The van der Waals surface area contributed by atoms with Crippen LogP contribution in [0.25, 0.3) is 0 Å². The van der Waals surface area contributed by atoms with Gasteiger partial charge in [-0.25, -0.2) is 0 Å². The Balaban J connectivity index is 1.99. The molecule has 1 aliphatic rings. The minimum absolute atomic E-state index is 0.124. The van der Waals surface area contributed by atoms with Crippen molar-refractivity contribution in [2.45, 2.75) is 52.0 Å². The number of hydrogen-bond donors (Lipinski definition) is 0. The lowest BCUT2D eigenvalue weighted by atomic mass is 9.96. The Labute approximate surface area is 131 Å². The lowest BCUT2D eigenvalue weighted by Crippen LogP contribution is -2.24. The van der Waals surface area contributed by atoms with Gasteiger partial charge in [-0.2, -0.15) is 0 Å². The van der Waals surface area contributed by atoms with Crippen molar-refractivity contribution in [1.82, 2.24) is 0 Å². The lowest BCUT2D eigenvalue weighted by molar-refractivity contribution is 0.138. The lowest BCUT2D eigenvalue weighted by Gasteiger charge is -2.16. The molecule has 0 bridgehead atoms. The number of halogens is 1. The van der Waals surface area contributed by atoms with Gasteiger partial charge in [-0.1, -0.05) is 12.1 Å². The number of aryl methyl sites for hydroxylation is 2. The molecule has 2 heterocycles. The average Bonchev–Trinajstić information content (AvgIpc) is 2.83. The number of alkyl halides is 1. The fourth-order valence-electron chi connectivity index (χ4n) is 3.14. The molecular weight excluding hydrogens is 284 g/mol. The summed E-state index contributed by atoms with van der Waals surface area (Å²) < 4.78 is 11.6. The van der Waals surface area contributed by atoms with Crippen molar-refractivity contribution in [2.75, 3.05) is 0 Å². The zero-order valence-electron chi connectivity index (χ0n) is 13.2. The van der Waals surface area contributed by atoms with E-state index in [9.17, 15) is 0 Å². The zero-order chi connectivity index (χ0) is 15.4. The summed E-state index contributed by atoms with van der Waals surface area (Å²) in [5.74, 6) is 2.82. The predicted octanol–water partition coefficient (Wildman–Crippen LogP) is 5.25. The van der Waals surface area contributed by atoms with E-state index >= 15 is 0 Å². The van der Waals surface area contributed by atoms with Crippen LogP contribution in [0.3, 0.4) is 0 Å². The van der Waals surface area contributed by atoms with Gasteiger partial charge in [0, 0.05) is 12.0 Å². The number of fused-ring (bicyclic) bond motifs is 1. The van der Waals surface area contributed by atoms with Crippen LogP contribution in [-0.4, -0.2) is 5.60 Å². The van der Waals surface area contributed by atoms with Crippen LogP contribution in [0, 0.1) is 20.8 Å². The van der Waals surface area contributed by atoms with Crippen molar-refractivity contribution in [3.05, 3.63) is 52.0 Å². The van der Waals surface area contributed by atoms with E-state index in [2.05, 4.69) is 32.9 Å². The molecule has 1 atom stereocenters. The van der Waals surface area contributed by atoms with Crippen LogP contribution in [0.1, 0.15) is 53.0 Å². The molecular formula is C18H21ClO2. The molecule has 1 aromatic heterocycles. The molecule has 0 aliphatic carbocycles. The molecule has 112 valence electrons. The third-order valence-electron chi connectivity index (χ3n) is 4.25. The van der Waals surface area contributed by atoms with E-state index in [4.69, 9.17) is 20.8 Å². The first-order valence-electron chi connectivity index (χ1n) is 7.31. The number of furan rings is 1. The van der Waals surface area contributed by atoms with Crippen molar-refractivity contribution in [2.24, 2.45) is 0 Å². The molecule has 2 nitrogen and oxygen atoms in total. The second-order valence-corrected chi connectivity index (χ2v) is 6.96. The number of ether oxygens (including phenoxy) is 1. The largest absolute Gasteiger partial charge is 0.487 e. The van der Waals surface area contributed by atoms with Crippen LogP contribution in [0.15, 0.2) is 22.6 Å². The standard InChI is InChI=1S/C18H21ClO2/c1-10-11(2)20-12(3)16(10)17(19)13-6-7-15-14(8-13)9-18(4,5)21-15/h6-8,17H,9H2,1-5H3. The Morgan fingerprint density at radius 3 is 2.48 bits per heavy atom. The van der Waals surface area contributed by atoms with Crippen molar-refractivity contribution >= 4 is 11.6 Å². The van der Waals surface area contributed by atoms with Crippen molar-refractivity contribution in [3.63, 3.8) is 0 Å². The molecule has 0 N–H and O–H groups in total. The Morgan fingerprint density at radius 2 is 1.86 bits per heavy atom. The molecule has 21 heavy (non-hydrogen) atoms. The average molecular weight is 305 g/mol.